The Labute approximate surface area is 122 Å². The van der Waals surface area contributed by atoms with Gasteiger partial charge in [-0.25, -0.2) is 0 Å². The number of thioether (sulfide) groups is 1. The molecule has 0 N–H and O–H groups in total. The molecule has 1 aromatic rings. The number of nitrogens with zero attached hydrogens (tertiary/aromatic N) is 4. The van der Waals surface area contributed by atoms with Crippen LogP contribution in [0.1, 0.15) is 6.42 Å². The largest absolute Gasteiger partial charge is 0.446 e. The van der Waals surface area contributed by atoms with Crippen LogP contribution < -0.4 is 4.90 Å². The van der Waals surface area contributed by atoms with Crippen molar-refractivity contribution in [3.8, 4) is 0 Å². The summed E-state index contributed by atoms with van der Waals surface area (Å²) in [6.07, 6.45) is 0.171. The number of rotatable bonds is 4. The second-order valence-electron chi connectivity index (χ2n) is 4.50. The molecule has 0 saturated carbocycles. The minimum atomic E-state index is -4.41. The quantitative estimate of drug-likeness (QED) is 0.365. The first-order valence-electron chi connectivity index (χ1n) is 6.06. The number of halogens is 3. The molecule has 1 amide bonds. The lowest BCUT2D eigenvalue weighted by molar-refractivity contribution is -0.117. The summed E-state index contributed by atoms with van der Waals surface area (Å²) in [6, 6.07) is 5.91. The summed E-state index contributed by atoms with van der Waals surface area (Å²) in [6.45, 7) is 0.417. The monoisotopic (exact) mass is 316 g/mol. The lowest BCUT2D eigenvalue weighted by atomic mass is 10.1. The third kappa shape index (κ3) is 4.05. The first kappa shape index (κ1) is 15.5. The number of alkyl halides is 3. The van der Waals surface area contributed by atoms with Gasteiger partial charge in [0, 0.05) is 29.3 Å². The van der Waals surface area contributed by atoms with E-state index in [1.807, 2.05) is 0 Å². The van der Waals surface area contributed by atoms with Gasteiger partial charge in [0.05, 0.1) is 5.69 Å². The van der Waals surface area contributed by atoms with Crippen molar-refractivity contribution in [2.24, 2.45) is 11.0 Å². The van der Waals surface area contributed by atoms with Crippen molar-refractivity contribution in [1.29, 1.82) is 0 Å². The van der Waals surface area contributed by atoms with E-state index in [0.717, 1.165) is 0 Å². The highest BCUT2D eigenvalue weighted by molar-refractivity contribution is 8.00. The van der Waals surface area contributed by atoms with Gasteiger partial charge in [-0.2, -0.15) is 13.2 Å². The maximum Gasteiger partial charge on any atom is 0.446 e. The molecule has 1 unspecified atom stereocenters. The van der Waals surface area contributed by atoms with Gasteiger partial charge >= 0.3 is 5.51 Å². The lowest BCUT2D eigenvalue weighted by Gasteiger charge is -2.20. The minimum absolute atomic E-state index is 0.0113. The Bertz CT molecular complexity index is 586. The summed E-state index contributed by atoms with van der Waals surface area (Å²) in [5.41, 5.74) is 4.11. The Hall–Kier alpha value is -1.86. The summed E-state index contributed by atoms with van der Waals surface area (Å²) in [4.78, 5) is 15.9. The summed E-state index contributed by atoms with van der Waals surface area (Å²) < 4.78 is 37.7. The van der Waals surface area contributed by atoms with Crippen LogP contribution in [0.2, 0.25) is 0 Å². The van der Waals surface area contributed by atoms with Crippen molar-refractivity contribution in [3.05, 3.63) is 34.7 Å². The molecule has 1 fully saturated rings. The molecule has 1 saturated heterocycles. The zero-order valence-electron chi connectivity index (χ0n) is 10.7. The number of amides is 1. The van der Waals surface area contributed by atoms with Crippen LogP contribution in [0.5, 0.6) is 0 Å². The van der Waals surface area contributed by atoms with E-state index in [1.165, 1.54) is 23.1 Å². The maximum atomic E-state index is 12.6. The fourth-order valence-electron chi connectivity index (χ4n) is 2.18. The Morgan fingerprint density at radius 2 is 2.14 bits per heavy atom. The van der Waals surface area contributed by atoms with Crippen molar-refractivity contribution in [2.75, 3.05) is 18.0 Å². The molecule has 0 radical (unpaired) electrons. The minimum Gasteiger partial charge on any atom is -0.311 e. The number of carbonyl (C=O) groups excluding carboxylic acids is 1. The SMILES string of the molecule is [N-]=[N+]=NCC1CC(=O)N(c2ccccc2SC(F)(F)F)C1. The molecule has 9 heteroatoms. The van der Waals surface area contributed by atoms with Gasteiger partial charge in [0.25, 0.3) is 0 Å². The molecule has 1 aliphatic heterocycles. The maximum absolute atomic E-state index is 12.6. The van der Waals surface area contributed by atoms with Crippen LogP contribution >= 0.6 is 11.8 Å². The average molecular weight is 316 g/mol. The highest BCUT2D eigenvalue weighted by atomic mass is 32.2. The van der Waals surface area contributed by atoms with E-state index in [2.05, 4.69) is 10.0 Å². The number of para-hydroxylation sites is 1. The molecule has 2 rings (SSSR count). The second-order valence-corrected chi connectivity index (χ2v) is 5.61. The fourth-order valence-corrected chi connectivity index (χ4v) is 2.86. The van der Waals surface area contributed by atoms with E-state index in [-0.39, 0.29) is 53.7 Å². The molecule has 1 aliphatic rings. The average Bonchev–Trinajstić information content (AvgIpc) is 2.76. The van der Waals surface area contributed by atoms with Crippen LogP contribution in [-0.4, -0.2) is 24.5 Å². The molecule has 1 atom stereocenters. The third-order valence-corrected chi connectivity index (χ3v) is 3.79. The first-order chi connectivity index (χ1) is 9.90. The van der Waals surface area contributed by atoms with Gasteiger partial charge in [-0.1, -0.05) is 17.2 Å². The van der Waals surface area contributed by atoms with Gasteiger partial charge in [0.1, 0.15) is 0 Å². The summed E-state index contributed by atoms with van der Waals surface area (Å²) >= 11 is -0.241. The number of hydrogen-bond acceptors (Lipinski definition) is 3. The number of carbonyl (C=O) groups is 1. The molecule has 0 aromatic heterocycles. The predicted molar refractivity (Wildman–Crippen MR) is 72.8 cm³/mol. The highest BCUT2D eigenvalue weighted by Crippen LogP contribution is 2.42. The Balaban J connectivity index is 2.22. The highest BCUT2D eigenvalue weighted by Gasteiger charge is 2.35. The molecule has 5 nitrogen and oxygen atoms in total. The number of benzene rings is 1. The van der Waals surface area contributed by atoms with Gasteiger partial charge in [-0.05, 0) is 35.3 Å². The standard InChI is InChI=1S/C12H11F3N4OS/c13-12(14,15)21-10-4-2-1-3-9(10)19-7-8(5-11(19)20)6-17-18-16/h1-4,8H,5-7H2. The Kier molecular flexibility index (Phi) is 4.64. The van der Waals surface area contributed by atoms with Crippen molar-refractivity contribution in [1.82, 2.24) is 0 Å². The van der Waals surface area contributed by atoms with Crippen molar-refractivity contribution in [3.63, 3.8) is 0 Å². The van der Waals surface area contributed by atoms with Crippen molar-refractivity contribution in [2.45, 2.75) is 16.8 Å². The van der Waals surface area contributed by atoms with Crippen molar-refractivity contribution >= 4 is 23.4 Å². The van der Waals surface area contributed by atoms with E-state index < -0.39 is 5.51 Å². The van der Waals surface area contributed by atoms with E-state index in [1.54, 1.807) is 6.07 Å². The molecule has 112 valence electrons. The van der Waals surface area contributed by atoms with Gasteiger partial charge in [0.15, 0.2) is 0 Å². The zero-order chi connectivity index (χ0) is 15.5. The van der Waals surface area contributed by atoms with Crippen LogP contribution in [0, 0.1) is 5.92 Å². The predicted octanol–water partition coefficient (Wildman–Crippen LogP) is 3.96. The molecule has 0 spiro atoms. The van der Waals surface area contributed by atoms with Gasteiger partial charge in [0.2, 0.25) is 5.91 Å². The molecular formula is C12H11F3N4OS. The van der Waals surface area contributed by atoms with Crippen LogP contribution in [-0.2, 0) is 4.79 Å². The van der Waals surface area contributed by atoms with Crippen LogP contribution in [0.25, 0.3) is 10.4 Å². The fraction of sp³-hybridized carbons (Fsp3) is 0.417. The third-order valence-electron chi connectivity index (χ3n) is 2.99. The number of hydrogen-bond donors (Lipinski definition) is 0. The van der Waals surface area contributed by atoms with E-state index >= 15 is 0 Å². The molecule has 1 aromatic carbocycles. The van der Waals surface area contributed by atoms with E-state index in [9.17, 15) is 18.0 Å². The summed E-state index contributed by atoms with van der Waals surface area (Å²) in [7, 11) is 0. The number of azide groups is 1. The Morgan fingerprint density at radius 3 is 2.81 bits per heavy atom. The normalized spacial score (nSPS) is 18.7. The number of anilines is 1. The molecular weight excluding hydrogens is 305 g/mol. The van der Waals surface area contributed by atoms with E-state index in [0.29, 0.717) is 0 Å². The van der Waals surface area contributed by atoms with Crippen molar-refractivity contribution < 1.29 is 18.0 Å². The van der Waals surface area contributed by atoms with E-state index in [4.69, 9.17) is 5.53 Å². The Morgan fingerprint density at radius 1 is 1.43 bits per heavy atom. The summed E-state index contributed by atoms with van der Waals surface area (Å²) in [5.74, 6) is -0.430. The topological polar surface area (TPSA) is 69.1 Å². The zero-order valence-corrected chi connectivity index (χ0v) is 11.6. The van der Waals surface area contributed by atoms with Gasteiger partial charge in [-0.3, -0.25) is 4.79 Å². The van der Waals surface area contributed by atoms with Crippen LogP contribution in [0.4, 0.5) is 18.9 Å². The molecule has 21 heavy (non-hydrogen) atoms. The molecule has 0 aliphatic carbocycles. The molecule has 0 bridgehead atoms. The van der Waals surface area contributed by atoms with Gasteiger partial charge in [-0.15, -0.1) is 0 Å². The first-order valence-corrected chi connectivity index (χ1v) is 6.88. The molecule has 1 heterocycles. The van der Waals surface area contributed by atoms with Crippen LogP contribution in [0.15, 0.2) is 34.3 Å². The summed E-state index contributed by atoms with van der Waals surface area (Å²) in [5, 5.41) is 3.41. The second kappa shape index (κ2) is 6.28. The lowest BCUT2D eigenvalue weighted by Crippen LogP contribution is -2.25. The van der Waals surface area contributed by atoms with Gasteiger partial charge < -0.3 is 4.90 Å². The smallest absolute Gasteiger partial charge is 0.311 e. The van der Waals surface area contributed by atoms with Crippen LogP contribution in [0.3, 0.4) is 0 Å².